The monoisotopic (exact) mass is 318 g/mol. The summed E-state index contributed by atoms with van der Waals surface area (Å²) in [7, 11) is 0. The molecule has 0 spiro atoms. The number of nitrogens with zero attached hydrogens (tertiary/aromatic N) is 1. The molecule has 0 unspecified atom stereocenters. The first kappa shape index (κ1) is 17.5. The van der Waals surface area contributed by atoms with Crippen LogP contribution in [0.25, 0.3) is 0 Å². The van der Waals surface area contributed by atoms with Crippen LogP contribution in [0.3, 0.4) is 0 Å². The van der Waals surface area contributed by atoms with Gasteiger partial charge in [-0.25, -0.2) is 0 Å². The van der Waals surface area contributed by atoms with Crippen LogP contribution in [0, 0.1) is 0 Å². The number of aliphatic hydroxyl groups is 1. The van der Waals surface area contributed by atoms with Crippen LogP contribution in [0.2, 0.25) is 0 Å². The van der Waals surface area contributed by atoms with Crippen LogP contribution in [-0.2, 0) is 16.0 Å². The summed E-state index contributed by atoms with van der Waals surface area (Å²) in [5.74, 6) is 0.0373. The zero-order chi connectivity index (χ0) is 16.5. The predicted octanol–water partition coefficient (Wildman–Crippen LogP) is 1.50. The summed E-state index contributed by atoms with van der Waals surface area (Å²) in [6, 6.07) is 9.49. The SMILES string of the molecule is O=C(CCN1CCCCCC1=O)N[C@H](CO)Cc1ccccc1. The second kappa shape index (κ2) is 9.30. The van der Waals surface area contributed by atoms with E-state index in [2.05, 4.69) is 5.32 Å². The van der Waals surface area contributed by atoms with Gasteiger partial charge in [-0.1, -0.05) is 36.8 Å². The standard InChI is InChI=1S/C18H26N2O3/c21-14-16(13-15-7-3-1-4-8-15)19-17(22)10-12-20-11-6-2-5-9-18(20)23/h1,3-4,7-8,16,21H,2,5-6,9-14H2,(H,19,22)/t16-/m0/s1. The first-order valence-corrected chi connectivity index (χ1v) is 8.41. The van der Waals surface area contributed by atoms with E-state index in [4.69, 9.17) is 0 Å². The maximum absolute atomic E-state index is 12.1. The van der Waals surface area contributed by atoms with Crippen LogP contribution >= 0.6 is 0 Å². The highest BCUT2D eigenvalue weighted by molar-refractivity contribution is 5.79. The third kappa shape index (κ3) is 6.02. The lowest BCUT2D eigenvalue weighted by Crippen LogP contribution is -2.41. The van der Waals surface area contributed by atoms with Gasteiger partial charge in [-0.2, -0.15) is 0 Å². The molecule has 1 heterocycles. The highest BCUT2D eigenvalue weighted by Gasteiger charge is 2.18. The molecule has 0 radical (unpaired) electrons. The summed E-state index contributed by atoms with van der Waals surface area (Å²) >= 11 is 0. The summed E-state index contributed by atoms with van der Waals surface area (Å²) in [5.41, 5.74) is 1.08. The van der Waals surface area contributed by atoms with Gasteiger partial charge in [0.25, 0.3) is 0 Å². The zero-order valence-corrected chi connectivity index (χ0v) is 13.5. The van der Waals surface area contributed by atoms with Crippen LogP contribution in [-0.4, -0.2) is 47.6 Å². The summed E-state index contributed by atoms with van der Waals surface area (Å²) < 4.78 is 0. The van der Waals surface area contributed by atoms with Crippen molar-refractivity contribution in [3.05, 3.63) is 35.9 Å². The molecule has 2 amide bonds. The molecule has 5 nitrogen and oxygen atoms in total. The number of rotatable bonds is 7. The van der Waals surface area contributed by atoms with E-state index in [1.807, 2.05) is 30.3 Å². The Morgan fingerprint density at radius 1 is 1.22 bits per heavy atom. The van der Waals surface area contributed by atoms with E-state index in [1.165, 1.54) is 0 Å². The Morgan fingerprint density at radius 3 is 2.74 bits per heavy atom. The molecule has 23 heavy (non-hydrogen) atoms. The molecule has 0 aliphatic carbocycles. The second-order valence-electron chi connectivity index (χ2n) is 6.08. The molecule has 0 bridgehead atoms. The molecule has 2 N–H and O–H groups in total. The molecule has 0 aromatic heterocycles. The minimum Gasteiger partial charge on any atom is -0.394 e. The van der Waals surface area contributed by atoms with E-state index in [1.54, 1.807) is 4.90 Å². The van der Waals surface area contributed by atoms with Crippen molar-refractivity contribution in [1.29, 1.82) is 0 Å². The smallest absolute Gasteiger partial charge is 0.222 e. The van der Waals surface area contributed by atoms with Gasteiger partial charge in [0.1, 0.15) is 0 Å². The fraction of sp³-hybridized carbons (Fsp3) is 0.556. The van der Waals surface area contributed by atoms with Gasteiger partial charge in [0.05, 0.1) is 12.6 Å². The lowest BCUT2D eigenvalue weighted by molar-refractivity contribution is -0.131. The Balaban J connectivity index is 1.77. The molecule has 0 saturated carbocycles. The summed E-state index contributed by atoms with van der Waals surface area (Å²) in [6.07, 6.45) is 4.53. The fourth-order valence-electron chi connectivity index (χ4n) is 2.87. The Kier molecular flexibility index (Phi) is 7.07. The quantitative estimate of drug-likeness (QED) is 0.800. The minimum atomic E-state index is -0.287. The molecule has 1 fully saturated rings. The highest BCUT2D eigenvalue weighted by atomic mass is 16.3. The van der Waals surface area contributed by atoms with Gasteiger partial charge in [-0.05, 0) is 24.8 Å². The van der Waals surface area contributed by atoms with Gasteiger partial charge >= 0.3 is 0 Å². The Bertz CT molecular complexity index is 504. The van der Waals surface area contributed by atoms with Gasteiger partial charge in [-0.15, -0.1) is 0 Å². The number of aliphatic hydroxyl groups excluding tert-OH is 1. The van der Waals surface area contributed by atoms with E-state index in [9.17, 15) is 14.7 Å². The van der Waals surface area contributed by atoms with E-state index < -0.39 is 0 Å². The van der Waals surface area contributed by atoms with Crippen molar-refractivity contribution in [2.24, 2.45) is 0 Å². The first-order valence-electron chi connectivity index (χ1n) is 8.41. The zero-order valence-electron chi connectivity index (χ0n) is 13.5. The van der Waals surface area contributed by atoms with Crippen molar-refractivity contribution in [2.45, 2.75) is 44.6 Å². The van der Waals surface area contributed by atoms with Crippen molar-refractivity contribution in [3.8, 4) is 0 Å². The van der Waals surface area contributed by atoms with Crippen molar-refractivity contribution in [2.75, 3.05) is 19.7 Å². The molecule has 1 aliphatic rings. The van der Waals surface area contributed by atoms with Crippen molar-refractivity contribution in [1.82, 2.24) is 10.2 Å². The number of hydrogen-bond donors (Lipinski definition) is 2. The van der Waals surface area contributed by atoms with Crippen LogP contribution in [0.4, 0.5) is 0 Å². The number of carbonyl (C=O) groups excluding carboxylic acids is 2. The molecule has 1 atom stereocenters. The number of amides is 2. The highest BCUT2D eigenvalue weighted by Crippen LogP contribution is 2.11. The van der Waals surface area contributed by atoms with Gasteiger partial charge in [0.15, 0.2) is 0 Å². The van der Waals surface area contributed by atoms with Crippen LogP contribution in [0.5, 0.6) is 0 Å². The third-order valence-corrected chi connectivity index (χ3v) is 4.19. The average molecular weight is 318 g/mol. The van der Waals surface area contributed by atoms with Crippen LogP contribution in [0.1, 0.15) is 37.7 Å². The predicted molar refractivity (Wildman–Crippen MR) is 88.8 cm³/mol. The third-order valence-electron chi connectivity index (χ3n) is 4.19. The molecule has 126 valence electrons. The van der Waals surface area contributed by atoms with Gasteiger partial charge in [0, 0.05) is 25.9 Å². The number of nitrogens with one attached hydrogen (secondary N) is 1. The molecule has 1 saturated heterocycles. The fourth-order valence-corrected chi connectivity index (χ4v) is 2.87. The molecule has 1 aromatic rings. The van der Waals surface area contributed by atoms with E-state index >= 15 is 0 Å². The van der Waals surface area contributed by atoms with Crippen molar-refractivity contribution < 1.29 is 14.7 Å². The summed E-state index contributed by atoms with van der Waals surface area (Å²) in [5, 5.41) is 12.3. The lowest BCUT2D eigenvalue weighted by atomic mass is 10.1. The maximum atomic E-state index is 12.1. The molecular weight excluding hydrogens is 292 g/mol. The minimum absolute atomic E-state index is 0.0940. The number of hydrogen-bond acceptors (Lipinski definition) is 3. The molecule has 1 aliphatic heterocycles. The second-order valence-corrected chi connectivity index (χ2v) is 6.08. The van der Waals surface area contributed by atoms with E-state index in [-0.39, 0.29) is 30.9 Å². The van der Waals surface area contributed by atoms with Crippen LogP contribution in [0.15, 0.2) is 30.3 Å². The molecule has 1 aromatic carbocycles. The van der Waals surface area contributed by atoms with Crippen molar-refractivity contribution in [3.63, 3.8) is 0 Å². The van der Waals surface area contributed by atoms with E-state index in [0.717, 1.165) is 31.4 Å². The number of benzene rings is 1. The van der Waals surface area contributed by atoms with Crippen molar-refractivity contribution >= 4 is 11.8 Å². The van der Waals surface area contributed by atoms with Gasteiger partial charge < -0.3 is 15.3 Å². The molecule has 2 rings (SSSR count). The Labute approximate surface area is 137 Å². The largest absolute Gasteiger partial charge is 0.394 e. The Hall–Kier alpha value is -1.88. The van der Waals surface area contributed by atoms with Gasteiger partial charge in [-0.3, -0.25) is 9.59 Å². The number of likely N-dealkylation sites (tertiary alicyclic amines) is 1. The van der Waals surface area contributed by atoms with E-state index in [0.29, 0.717) is 19.4 Å². The lowest BCUT2D eigenvalue weighted by Gasteiger charge is -2.21. The Morgan fingerprint density at radius 2 is 2.00 bits per heavy atom. The van der Waals surface area contributed by atoms with Crippen LogP contribution < -0.4 is 5.32 Å². The maximum Gasteiger partial charge on any atom is 0.222 e. The summed E-state index contributed by atoms with van der Waals surface area (Å²) in [6.45, 7) is 1.12. The van der Waals surface area contributed by atoms with Gasteiger partial charge in [0.2, 0.25) is 11.8 Å². The number of carbonyl (C=O) groups is 2. The molecular formula is C18H26N2O3. The molecule has 5 heteroatoms. The summed E-state index contributed by atoms with van der Waals surface area (Å²) in [4.78, 5) is 25.8. The first-order chi connectivity index (χ1) is 11.2. The average Bonchev–Trinajstić information content (AvgIpc) is 2.77. The normalized spacial score (nSPS) is 16.7. The topological polar surface area (TPSA) is 69.6 Å².